The standard InChI is InChI=1S/C21H21FN6O3/c1-30-15-3-2-13(11-29)16(8-15)18-9-19(26-12-25-18)28-6-4-14(5-7-28)31-21-24-10-17(22)20(23)27-21/h2-3,8-12,14H,4-7H2,1H3,(H2,23,24,27). The van der Waals surface area contributed by atoms with Crippen molar-refractivity contribution >= 4 is 17.9 Å². The first kappa shape index (κ1) is 20.5. The van der Waals surface area contributed by atoms with Crippen molar-refractivity contribution in [1.29, 1.82) is 0 Å². The van der Waals surface area contributed by atoms with Gasteiger partial charge >= 0.3 is 6.01 Å². The highest BCUT2D eigenvalue weighted by atomic mass is 19.1. The summed E-state index contributed by atoms with van der Waals surface area (Å²) in [6.45, 7) is 1.38. The lowest BCUT2D eigenvalue weighted by atomic mass is 10.0. The molecule has 1 saturated heterocycles. The minimum absolute atomic E-state index is 0.0705. The number of nitrogen functional groups attached to an aromatic ring is 1. The monoisotopic (exact) mass is 424 g/mol. The van der Waals surface area contributed by atoms with Crippen molar-refractivity contribution in [3.63, 3.8) is 0 Å². The number of nitrogens with two attached hydrogens (primary N) is 1. The van der Waals surface area contributed by atoms with E-state index in [1.807, 2.05) is 6.07 Å². The minimum atomic E-state index is -0.671. The summed E-state index contributed by atoms with van der Waals surface area (Å²) in [6, 6.07) is 7.15. The van der Waals surface area contributed by atoms with Crippen LogP contribution in [0.25, 0.3) is 11.3 Å². The highest BCUT2D eigenvalue weighted by molar-refractivity contribution is 5.87. The van der Waals surface area contributed by atoms with E-state index in [0.29, 0.717) is 48.5 Å². The van der Waals surface area contributed by atoms with Gasteiger partial charge in [0.15, 0.2) is 17.9 Å². The molecule has 1 aliphatic rings. The second-order valence-corrected chi connectivity index (χ2v) is 7.02. The van der Waals surface area contributed by atoms with Gasteiger partial charge in [0.1, 0.15) is 24.0 Å². The fourth-order valence-electron chi connectivity index (χ4n) is 3.43. The van der Waals surface area contributed by atoms with E-state index >= 15 is 0 Å². The van der Waals surface area contributed by atoms with Crippen molar-refractivity contribution in [2.45, 2.75) is 18.9 Å². The van der Waals surface area contributed by atoms with Gasteiger partial charge in [0, 0.05) is 43.1 Å². The number of nitrogens with zero attached hydrogens (tertiary/aromatic N) is 5. The highest BCUT2D eigenvalue weighted by Gasteiger charge is 2.23. The van der Waals surface area contributed by atoms with Crippen LogP contribution in [0.4, 0.5) is 16.0 Å². The number of aromatic nitrogens is 4. The maximum Gasteiger partial charge on any atom is 0.318 e. The van der Waals surface area contributed by atoms with Gasteiger partial charge < -0.3 is 20.1 Å². The van der Waals surface area contributed by atoms with Crippen molar-refractivity contribution in [3.8, 4) is 23.0 Å². The number of halogens is 1. The van der Waals surface area contributed by atoms with Gasteiger partial charge in [-0.15, -0.1) is 0 Å². The summed E-state index contributed by atoms with van der Waals surface area (Å²) in [5.74, 6) is 0.492. The van der Waals surface area contributed by atoms with E-state index in [4.69, 9.17) is 15.2 Å². The van der Waals surface area contributed by atoms with Crippen LogP contribution in [0.2, 0.25) is 0 Å². The normalized spacial score (nSPS) is 14.3. The summed E-state index contributed by atoms with van der Waals surface area (Å²) < 4.78 is 24.2. The van der Waals surface area contributed by atoms with Gasteiger partial charge in [-0.25, -0.2) is 19.3 Å². The summed E-state index contributed by atoms with van der Waals surface area (Å²) in [5.41, 5.74) is 7.31. The largest absolute Gasteiger partial charge is 0.497 e. The summed E-state index contributed by atoms with van der Waals surface area (Å²) in [4.78, 5) is 30.0. The van der Waals surface area contributed by atoms with Crippen molar-refractivity contribution in [1.82, 2.24) is 19.9 Å². The third-order valence-electron chi connectivity index (χ3n) is 5.10. The smallest absolute Gasteiger partial charge is 0.318 e. The fourth-order valence-corrected chi connectivity index (χ4v) is 3.43. The van der Waals surface area contributed by atoms with E-state index in [9.17, 15) is 9.18 Å². The predicted molar refractivity (Wildman–Crippen MR) is 112 cm³/mol. The molecule has 0 atom stereocenters. The van der Waals surface area contributed by atoms with E-state index in [-0.39, 0.29) is 17.9 Å². The molecule has 2 N–H and O–H groups in total. The SMILES string of the molecule is COc1ccc(C=O)c(-c2cc(N3CCC(Oc4ncc(F)c(N)n4)CC3)ncn2)c1. The Hall–Kier alpha value is -3.82. The van der Waals surface area contributed by atoms with E-state index in [0.717, 1.165) is 18.3 Å². The molecule has 1 aromatic carbocycles. The number of hydrogen-bond acceptors (Lipinski definition) is 9. The summed E-state index contributed by atoms with van der Waals surface area (Å²) in [7, 11) is 1.57. The molecular weight excluding hydrogens is 403 g/mol. The second-order valence-electron chi connectivity index (χ2n) is 7.02. The highest BCUT2D eigenvalue weighted by Crippen LogP contribution is 2.28. The quantitative estimate of drug-likeness (QED) is 0.596. The van der Waals surface area contributed by atoms with Gasteiger partial charge in [-0.1, -0.05) is 0 Å². The number of carbonyl (C=O) groups excluding carboxylic acids is 1. The van der Waals surface area contributed by atoms with Gasteiger partial charge in [-0.3, -0.25) is 4.79 Å². The van der Waals surface area contributed by atoms with Crippen LogP contribution in [0.5, 0.6) is 11.8 Å². The van der Waals surface area contributed by atoms with Gasteiger partial charge in [0.25, 0.3) is 0 Å². The first-order valence-electron chi connectivity index (χ1n) is 9.72. The number of carbonyl (C=O) groups is 1. The van der Waals surface area contributed by atoms with E-state index in [2.05, 4.69) is 24.8 Å². The van der Waals surface area contributed by atoms with Crippen LogP contribution in [0.15, 0.2) is 36.8 Å². The number of aldehydes is 1. The van der Waals surface area contributed by atoms with Gasteiger partial charge in [-0.2, -0.15) is 4.98 Å². The van der Waals surface area contributed by atoms with E-state index in [1.54, 1.807) is 25.3 Å². The molecule has 0 aliphatic carbocycles. The molecule has 4 rings (SSSR count). The van der Waals surface area contributed by atoms with E-state index in [1.165, 1.54) is 6.33 Å². The summed E-state index contributed by atoms with van der Waals surface area (Å²) in [5, 5.41) is 0. The molecule has 0 saturated carbocycles. The molecule has 1 fully saturated rings. The average molecular weight is 424 g/mol. The molecule has 0 radical (unpaired) electrons. The zero-order valence-corrected chi connectivity index (χ0v) is 16.9. The van der Waals surface area contributed by atoms with Crippen LogP contribution in [-0.2, 0) is 0 Å². The molecule has 0 unspecified atom stereocenters. The fraction of sp³-hybridized carbons (Fsp3) is 0.286. The zero-order valence-electron chi connectivity index (χ0n) is 16.9. The minimum Gasteiger partial charge on any atom is -0.497 e. The van der Waals surface area contributed by atoms with Gasteiger partial charge in [-0.05, 0) is 18.2 Å². The van der Waals surface area contributed by atoms with Crippen LogP contribution in [-0.4, -0.2) is 52.5 Å². The molecule has 9 nitrogen and oxygen atoms in total. The first-order valence-corrected chi connectivity index (χ1v) is 9.72. The Bertz CT molecular complexity index is 1090. The Morgan fingerprint density at radius 2 is 2.00 bits per heavy atom. The molecule has 2 aromatic heterocycles. The molecule has 3 aromatic rings. The summed E-state index contributed by atoms with van der Waals surface area (Å²) >= 11 is 0. The number of hydrogen-bond donors (Lipinski definition) is 1. The summed E-state index contributed by atoms with van der Waals surface area (Å²) in [6.07, 6.45) is 4.58. The molecule has 0 spiro atoms. The molecule has 1 aliphatic heterocycles. The molecule has 3 heterocycles. The number of methoxy groups -OCH3 is 1. The number of piperidine rings is 1. The number of anilines is 2. The van der Waals surface area contributed by atoms with Crippen LogP contribution in [0, 0.1) is 5.82 Å². The van der Waals surface area contributed by atoms with Crippen LogP contribution < -0.4 is 20.1 Å². The Morgan fingerprint density at radius 1 is 1.19 bits per heavy atom. The van der Waals surface area contributed by atoms with Crippen LogP contribution in [0.1, 0.15) is 23.2 Å². The maximum atomic E-state index is 13.2. The van der Waals surface area contributed by atoms with Crippen molar-refractivity contribution in [2.24, 2.45) is 0 Å². The lowest BCUT2D eigenvalue weighted by molar-refractivity contribution is 0.112. The van der Waals surface area contributed by atoms with E-state index < -0.39 is 5.82 Å². The predicted octanol–water partition coefficient (Wildman–Crippen LogP) is 2.52. The molecule has 160 valence electrons. The molecule has 0 amide bonds. The molecule has 31 heavy (non-hydrogen) atoms. The van der Waals surface area contributed by atoms with Crippen molar-refractivity contribution < 1.29 is 18.7 Å². The third-order valence-corrected chi connectivity index (χ3v) is 5.10. The lowest BCUT2D eigenvalue weighted by Crippen LogP contribution is -2.39. The second kappa shape index (κ2) is 8.90. The topological polar surface area (TPSA) is 116 Å². The third kappa shape index (κ3) is 4.52. The van der Waals surface area contributed by atoms with Crippen molar-refractivity contribution in [3.05, 3.63) is 48.2 Å². The van der Waals surface area contributed by atoms with Crippen molar-refractivity contribution in [2.75, 3.05) is 30.8 Å². The Balaban J connectivity index is 1.46. The first-order chi connectivity index (χ1) is 15.1. The van der Waals surface area contributed by atoms with Gasteiger partial charge in [0.2, 0.25) is 0 Å². The van der Waals surface area contributed by atoms with Crippen LogP contribution in [0.3, 0.4) is 0 Å². The zero-order chi connectivity index (χ0) is 21.8. The number of rotatable bonds is 6. The van der Waals surface area contributed by atoms with Gasteiger partial charge in [0.05, 0.1) is 19.0 Å². The number of ether oxygens (including phenoxy) is 2. The number of benzene rings is 1. The van der Waals surface area contributed by atoms with Crippen LogP contribution >= 0.6 is 0 Å². The molecule has 0 bridgehead atoms. The Kier molecular flexibility index (Phi) is 5.87. The molecular formula is C21H21FN6O3. The Morgan fingerprint density at radius 3 is 2.71 bits per heavy atom. The average Bonchev–Trinajstić information content (AvgIpc) is 2.81. The Labute approximate surface area is 178 Å². The molecule has 10 heteroatoms. The maximum absolute atomic E-state index is 13.2. The lowest BCUT2D eigenvalue weighted by Gasteiger charge is -2.32.